The molecule has 0 spiro atoms. The Morgan fingerprint density at radius 3 is 1.56 bits per heavy atom. The maximum atomic E-state index is 10.0. The van der Waals surface area contributed by atoms with Crippen molar-refractivity contribution in [2.45, 2.75) is 52.5 Å². The third-order valence-electron chi connectivity index (χ3n) is 12.4. The molecule has 2 N–H and O–H groups in total. The lowest BCUT2D eigenvalue weighted by molar-refractivity contribution is 0.144. The Balaban J connectivity index is 0.000000167. The molecule has 59 heavy (non-hydrogen) atoms. The van der Waals surface area contributed by atoms with Crippen LogP contribution in [0.4, 0.5) is 0 Å². The van der Waals surface area contributed by atoms with Crippen molar-refractivity contribution >= 4 is 60.6 Å². The van der Waals surface area contributed by atoms with E-state index < -0.39 is 14.1 Å². The number of halogens is 2. The summed E-state index contributed by atoms with van der Waals surface area (Å²) in [6.45, 7) is 15.5. The van der Waals surface area contributed by atoms with E-state index in [2.05, 4.69) is 84.4 Å². The lowest BCUT2D eigenvalue weighted by Crippen LogP contribution is -2.52. The van der Waals surface area contributed by atoms with Gasteiger partial charge in [0.2, 0.25) is 0 Å². The number of aromatic nitrogens is 4. The number of hydrogen-bond donors (Lipinski definition) is 2. The topological polar surface area (TPSA) is 97.0 Å². The summed E-state index contributed by atoms with van der Waals surface area (Å²) in [7, 11) is -0.819. The summed E-state index contributed by atoms with van der Waals surface area (Å²) in [4.78, 5) is 23.3. The Labute approximate surface area is 359 Å². The van der Waals surface area contributed by atoms with Crippen molar-refractivity contribution in [3.63, 3.8) is 0 Å². The van der Waals surface area contributed by atoms with Gasteiger partial charge in [-0.25, -0.2) is 4.98 Å². The van der Waals surface area contributed by atoms with Gasteiger partial charge < -0.3 is 24.2 Å². The average molecular weight is 829 g/mol. The van der Waals surface area contributed by atoms with Crippen LogP contribution in [-0.4, -0.2) is 115 Å². The maximum absolute atomic E-state index is 10.0. The molecule has 0 bridgehead atoms. The fourth-order valence-electron chi connectivity index (χ4n) is 9.13. The monoisotopic (exact) mass is 828 g/mol. The molecule has 0 radical (unpaired) electrons. The van der Waals surface area contributed by atoms with E-state index >= 15 is 0 Å². The second kappa shape index (κ2) is 18.3. The highest BCUT2D eigenvalue weighted by atomic mass is 35.5. The van der Waals surface area contributed by atoms with E-state index in [1.165, 1.54) is 33.4 Å². The maximum Gasteiger partial charge on any atom is 0.376 e. The fourth-order valence-corrected chi connectivity index (χ4v) is 9.48. The first kappa shape index (κ1) is 41.6. The van der Waals surface area contributed by atoms with E-state index in [1.807, 2.05) is 69.6 Å². The molecule has 5 aromatic rings. The molecular weight excluding hydrogens is 777 g/mol. The summed E-state index contributed by atoms with van der Waals surface area (Å²) in [6, 6.07) is 20.9. The first-order chi connectivity index (χ1) is 28.6. The van der Waals surface area contributed by atoms with Crippen molar-refractivity contribution in [3.05, 3.63) is 146 Å². The first-order valence-electron chi connectivity index (χ1n) is 20.8. The molecule has 0 amide bonds. The Bertz CT molecular complexity index is 2340. The van der Waals surface area contributed by atoms with E-state index in [1.54, 1.807) is 0 Å². The highest BCUT2D eigenvalue weighted by Gasteiger charge is 2.35. The Morgan fingerprint density at radius 2 is 1.12 bits per heavy atom. The summed E-state index contributed by atoms with van der Waals surface area (Å²) in [5.41, 5.74) is 11.9. The summed E-state index contributed by atoms with van der Waals surface area (Å²) < 4.78 is 2.16. The zero-order valence-corrected chi connectivity index (χ0v) is 35.9. The number of rotatable bonds is 7. The minimum atomic E-state index is -0.422. The number of pyridine rings is 2. The quantitative estimate of drug-likeness (QED) is 0.163. The van der Waals surface area contributed by atoms with Crippen LogP contribution in [0.2, 0.25) is 23.7 Å². The van der Waals surface area contributed by atoms with Gasteiger partial charge in [-0.1, -0.05) is 54.4 Å². The Kier molecular flexibility index (Phi) is 12.9. The van der Waals surface area contributed by atoms with Gasteiger partial charge in [-0.2, -0.15) is 0 Å². The van der Waals surface area contributed by atoms with E-state index in [0.717, 1.165) is 104 Å². The summed E-state index contributed by atoms with van der Waals surface area (Å²) in [5.74, 6) is 0.982. The van der Waals surface area contributed by atoms with Crippen LogP contribution in [0.1, 0.15) is 76.0 Å². The number of aryl methyl sites for hydroxylation is 1. The lowest BCUT2D eigenvalue weighted by Gasteiger charge is -2.40. The zero-order valence-electron chi connectivity index (χ0n) is 34.3. The molecule has 9 rings (SSSR count). The number of benzene rings is 2. The largest absolute Gasteiger partial charge is 0.437 e. The van der Waals surface area contributed by atoms with Crippen molar-refractivity contribution in [1.82, 2.24) is 38.9 Å². The number of nitrogens with zero attached hydrogens (tertiary/aromatic N) is 8. The molecule has 0 saturated carbocycles. The van der Waals surface area contributed by atoms with Gasteiger partial charge in [0, 0.05) is 93.7 Å². The second-order valence-electron chi connectivity index (χ2n) is 15.9. The zero-order chi connectivity index (χ0) is 41.2. The van der Waals surface area contributed by atoms with Crippen LogP contribution in [0.5, 0.6) is 0 Å². The Hall–Kier alpha value is -4.10. The molecule has 2 aliphatic heterocycles. The summed E-state index contributed by atoms with van der Waals surface area (Å²) >= 11 is 12.9. The van der Waals surface area contributed by atoms with Crippen molar-refractivity contribution in [2.75, 3.05) is 52.4 Å². The molecule has 2 unspecified atom stereocenters. The van der Waals surface area contributed by atoms with Gasteiger partial charge in [-0.3, -0.25) is 19.8 Å². The molecular formula is C45H52B2Cl2N8O2. The minimum Gasteiger partial charge on any atom is -0.437 e. The highest BCUT2D eigenvalue weighted by Crippen LogP contribution is 2.43. The van der Waals surface area contributed by atoms with E-state index in [9.17, 15) is 10.0 Å². The number of hydrogen-bond acceptors (Lipinski definition) is 9. The van der Waals surface area contributed by atoms with Crippen molar-refractivity contribution in [1.29, 1.82) is 0 Å². The molecule has 10 nitrogen and oxygen atoms in total. The fraction of sp³-hybridized carbons (Fsp3) is 0.356. The van der Waals surface area contributed by atoms with Crippen LogP contribution in [-0.2, 0) is 6.54 Å². The van der Waals surface area contributed by atoms with Gasteiger partial charge in [0.15, 0.2) is 0 Å². The molecule has 2 atom stereocenters. The van der Waals surface area contributed by atoms with Crippen LogP contribution < -0.4 is 0 Å². The number of imidazole rings is 1. The molecule has 2 saturated heterocycles. The molecule has 4 aliphatic rings. The number of allylic oxidation sites excluding steroid dienone is 2. The van der Waals surface area contributed by atoms with E-state index in [-0.39, 0.29) is 12.1 Å². The van der Waals surface area contributed by atoms with Crippen molar-refractivity contribution in [2.24, 2.45) is 0 Å². The first-order valence-corrected chi connectivity index (χ1v) is 21.6. The second-order valence-corrected chi connectivity index (χ2v) is 16.8. The molecule has 304 valence electrons. The third-order valence-corrected chi connectivity index (χ3v) is 12.8. The van der Waals surface area contributed by atoms with Gasteiger partial charge in [-0.05, 0) is 120 Å². The third kappa shape index (κ3) is 8.88. The SMILES string of the molecule is CB(O)N1CCN(C2c3ccc(Cl)cc3C(Cn3ccnc3C)=Cc3cccnc32)CC1.CCC1=Cc2cccnc2C(N2CCN(B(C)O)CC2)c2ccc(Cl)cc21. The minimum absolute atomic E-state index is 0.0345. The van der Waals surface area contributed by atoms with Gasteiger partial charge in [0.1, 0.15) is 5.82 Å². The van der Waals surface area contributed by atoms with Gasteiger partial charge in [-0.15, -0.1) is 0 Å². The smallest absolute Gasteiger partial charge is 0.376 e. The molecule has 14 heteroatoms. The molecule has 5 heterocycles. The van der Waals surface area contributed by atoms with Gasteiger partial charge >= 0.3 is 14.1 Å². The van der Waals surface area contributed by atoms with Crippen LogP contribution >= 0.6 is 23.2 Å². The van der Waals surface area contributed by atoms with E-state index in [4.69, 9.17) is 33.2 Å². The molecule has 2 fully saturated rings. The number of fused-ring (bicyclic) bond motifs is 4. The molecule has 2 aliphatic carbocycles. The van der Waals surface area contributed by atoms with Crippen LogP contribution in [0, 0.1) is 6.92 Å². The molecule has 2 aromatic carbocycles. The Morgan fingerprint density at radius 1 is 0.644 bits per heavy atom. The highest BCUT2D eigenvalue weighted by molar-refractivity contribution is 6.45. The lowest BCUT2D eigenvalue weighted by atomic mass is 9.84. The summed E-state index contributed by atoms with van der Waals surface area (Å²) in [5, 5.41) is 21.4. The van der Waals surface area contributed by atoms with Gasteiger partial charge in [0.25, 0.3) is 0 Å². The van der Waals surface area contributed by atoms with E-state index in [0.29, 0.717) is 0 Å². The van der Waals surface area contributed by atoms with Crippen molar-refractivity contribution in [3.8, 4) is 0 Å². The summed E-state index contributed by atoms with van der Waals surface area (Å²) in [6.07, 6.45) is 13.1. The standard InChI is InChI=1S/C24H27BClN5O.C21H25BClN3O/c1-17-27-8-9-30(17)16-19-14-18-4-3-7-28-23(18)24(21-6-5-20(26)15-22(19)21)29-10-12-31(13-11-29)25(2)32;1-3-15-13-16-5-4-8-24-20(16)21(18-7-6-17(23)14-19(15)18)25-9-11-26(12-10-25)22(2)27/h3-9,14-15,24,32H,10-13,16H2,1-2H3;4-8,13-14,21,27H,3,9-12H2,1-2H3. The number of piperazine rings is 2. The predicted octanol–water partition coefficient (Wildman–Crippen LogP) is 7.43. The van der Waals surface area contributed by atoms with Crippen LogP contribution in [0.15, 0.2) is 85.5 Å². The predicted molar refractivity (Wildman–Crippen MR) is 242 cm³/mol. The van der Waals surface area contributed by atoms with Gasteiger partial charge in [0.05, 0.1) is 23.5 Å². The molecule has 3 aromatic heterocycles. The van der Waals surface area contributed by atoms with Crippen LogP contribution in [0.25, 0.3) is 23.3 Å². The average Bonchev–Trinajstić information content (AvgIpc) is 3.52. The van der Waals surface area contributed by atoms with Crippen molar-refractivity contribution < 1.29 is 10.0 Å². The normalized spacial score (nSPS) is 19.7. The van der Waals surface area contributed by atoms with Crippen LogP contribution in [0.3, 0.4) is 0 Å².